The third-order valence-electron chi connectivity index (χ3n) is 6.23. The second-order valence-electron chi connectivity index (χ2n) is 8.45. The van der Waals surface area contributed by atoms with E-state index in [4.69, 9.17) is 5.26 Å². The van der Waals surface area contributed by atoms with Crippen LogP contribution in [0.15, 0.2) is 71.7 Å². The molecular weight excluding hydrogens is 426 g/mol. The average molecular weight is 450 g/mol. The summed E-state index contributed by atoms with van der Waals surface area (Å²) in [6.07, 6.45) is 0.715. The van der Waals surface area contributed by atoms with Crippen molar-refractivity contribution >= 4 is 23.1 Å². The van der Waals surface area contributed by atoms with Gasteiger partial charge in [-0.2, -0.15) is 5.26 Å². The molecule has 34 heavy (non-hydrogen) atoms. The van der Waals surface area contributed by atoms with Gasteiger partial charge in [-0.15, -0.1) is 0 Å². The SMILES string of the molecule is N#Cc1ccc(C(=O)CN2CCN(C(=O)c3cccc(C4=Nc5ccccc5C4)n3)CC2)cc1. The number of piperazine rings is 1. The first-order valence-corrected chi connectivity index (χ1v) is 11.3. The van der Waals surface area contributed by atoms with Crippen molar-refractivity contribution in [2.75, 3.05) is 32.7 Å². The van der Waals surface area contributed by atoms with Crippen molar-refractivity contribution in [2.45, 2.75) is 6.42 Å². The Balaban J connectivity index is 1.19. The van der Waals surface area contributed by atoms with E-state index in [0.717, 1.165) is 17.1 Å². The topological polar surface area (TPSA) is 89.7 Å². The molecular formula is C27H23N5O2. The van der Waals surface area contributed by atoms with Crippen molar-refractivity contribution < 1.29 is 9.59 Å². The number of hydrogen-bond donors (Lipinski definition) is 0. The van der Waals surface area contributed by atoms with Crippen LogP contribution in [0, 0.1) is 11.3 Å². The summed E-state index contributed by atoms with van der Waals surface area (Å²) in [5, 5.41) is 8.90. The number of carbonyl (C=O) groups excluding carboxylic acids is 2. The molecule has 0 radical (unpaired) electrons. The third-order valence-corrected chi connectivity index (χ3v) is 6.23. The highest BCUT2D eigenvalue weighted by Gasteiger charge is 2.25. The molecule has 2 aromatic carbocycles. The van der Waals surface area contributed by atoms with Crippen LogP contribution in [0.2, 0.25) is 0 Å². The first-order valence-electron chi connectivity index (χ1n) is 11.3. The predicted octanol–water partition coefficient (Wildman–Crippen LogP) is 3.27. The van der Waals surface area contributed by atoms with Crippen LogP contribution in [0.4, 0.5) is 5.69 Å². The molecule has 7 heteroatoms. The van der Waals surface area contributed by atoms with Crippen LogP contribution in [-0.2, 0) is 6.42 Å². The molecule has 0 spiro atoms. The van der Waals surface area contributed by atoms with E-state index in [-0.39, 0.29) is 11.7 Å². The Labute approximate surface area is 198 Å². The van der Waals surface area contributed by atoms with E-state index in [1.54, 1.807) is 35.2 Å². The maximum absolute atomic E-state index is 13.1. The van der Waals surface area contributed by atoms with Crippen molar-refractivity contribution in [3.05, 3.63) is 94.8 Å². The summed E-state index contributed by atoms with van der Waals surface area (Å²) >= 11 is 0. The van der Waals surface area contributed by atoms with Gasteiger partial charge in [-0.25, -0.2) is 4.98 Å². The Kier molecular flexibility index (Phi) is 5.98. The number of aliphatic imine (C=N–C) groups is 1. The quantitative estimate of drug-likeness (QED) is 0.558. The number of rotatable bonds is 5. The lowest BCUT2D eigenvalue weighted by atomic mass is 10.1. The van der Waals surface area contributed by atoms with Gasteiger partial charge in [0.25, 0.3) is 5.91 Å². The van der Waals surface area contributed by atoms with Gasteiger partial charge in [0.15, 0.2) is 5.78 Å². The lowest BCUT2D eigenvalue weighted by molar-refractivity contribution is 0.0619. The van der Waals surface area contributed by atoms with Crippen LogP contribution in [0.25, 0.3) is 0 Å². The van der Waals surface area contributed by atoms with Crippen LogP contribution < -0.4 is 0 Å². The number of pyridine rings is 1. The molecule has 168 valence electrons. The number of hydrogen-bond acceptors (Lipinski definition) is 6. The Morgan fingerprint density at radius 2 is 1.68 bits per heavy atom. The summed E-state index contributed by atoms with van der Waals surface area (Å²) in [5.74, 6) is -0.0898. The van der Waals surface area contributed by atoms with Crippen molar-refractivity contribution in [2.24, 2.45) is 4.99 Å². The Hall–Kier alpha value is -4.15. The molecule has 2 aliphatic rings. The molecule has 0 aliphatic carbocycles. The number of para-hydroxylation sites is 1. The van der Waals surface area contributed by atoms with E-state index in [1.807, 2.05) is 30.3 Å². The van der Waals surface area contributed by atoms with E-state index in [9.17, 15) is 9.59 Å². The fourth-order valence-electron chi connectivity index (χ4n) is 4.29. The maximum Gasteiger partial charge on any atom is 0.272 e. The molecule has 1 amide bonds. The fraction of sp³-hybridized carbons (Fsp3) is 0.222. The summed E-state index contributed by atoms with van der Waals surface area (Å²) in [6.45, 7) is 2.61. The van der Waals surface area contributed by atoms with Crippen molar-refractivity contribution in [3.8, 4) is 6.07 Å². The normalized spacial score (nSPS) is 15.4. The highest BCUT2D eigenvalue weighted by Crippen LogP contribution is 2.28. The number of nitrogens with zero attached hydrogens (tertiary/aromatic N) is 5. The smallest absolute Gasteiger partial charge is 0.272 e. The number of nitriles is 1. The van der Waals surface area contributed by atoms with Gasteiger partial charge in [0, 0.05) is 38.2 Å². The number of Topliss-reactive ketones (excluding diaryl/α,β-unsaturated/α-hetero) is 1. The monoisotopic (exact) mass is 449 g/mol. The van der Waals surface area contributed by atoms with Crippen LogP contribution in [-0.4, -0.2) is 64.9 Å². The first-order chi connectivity index (χ1) is 16.6. The van der Waals surface area contributed by atoms with Gasteiger partial charge >= 0.3 is 0 Å². The maximum atomic E-state index is 13.1. The van der Waals surface area contributed by atoms with Crippen LogP contribution in [0.1, 0.15) is 37.7 Å². The summed E-state index contributed by atoms with van der Waals surface area (Å²) in [7, 11) is 0. The zero-order chi connectivity index (χ0) is 23.5. The summed E-state index contributed by atoms with van der Waals surface area (Å²) in [5.41, 5.74) is 5.28. The second kappa shape index (κ2) is 9.38. The number of ketones is 1. The first kappa shape index (κ1) is 21.7. The molecule has 2 aliphatic heterocycles. The molecule has 5 rings (SSSR count). The number of aromatic nitrogens is 1. The van der Waals surface area contributed by atoms with Crippen LogP contribution >= 0.6 is 0 Å². The molecule has 0 unspecified atom stereocenters. The minimum absolute atomic E-state index is 0.0111. The molecule has 0 atom stereocenters. The van der Waals surface area contributed by atoms with Gasteiger partial charge in [0.2, 0.25) is 0 Å². The zero-order valence-electron chi connectivity index (χ0n) is 18.6. The number of amides is 1. The molecule has 0 saturated carbocycles. The van der Waals surface area contributed by atoms with E-state index in [0.29, 0.717) is 56.0 Å². The van der Waals surface area contributed by atoms with E-state index in [1.165, 1.54) is 5.56 Å². The molecule has 1 fully saturated rings. The fourth-order valence-corrected chi connectivity index (χ4v) is 4.29. The Bertz CT molecular complexity index is 1320. The van der Waals surface area contributed by atoms with Crippen molar-refractivity contribution in [1.82, 2.24) is 14.8 Å². The van der Waals surface area contributed by atoms with E-state index < -0.39 is 0 Å². The van der Waals surface area contributed by atoms with Crippen LogP contribution in [0.3, 0.4) is 0 Å². The van der Waals surface area contributed by atoms with Gasteiger partial charge in [-0.05, 0) is 35.9 Å². The summed E-state index contributed by atoms with van der Waals surface area (Å²) in [4.78, 5) is 38.8. The summed E-state index contributed by atoms with van der Waals surface area (Å²) < 4.78 is 0. The van der Waals surface area contributed by atoms with Crippen LogP contribution in [0.5, 0.6) is 0 Å². The molecule has 0 bridgehead atoms. The minimum Gasteiger partial charge on any atom is -0.335 e. The van der Waals surface area contributed by atoms with Gasteiger partial charge in [-0.1, -0.05) is 36.4 Å². The zero-order valence-corrected chi connectivity index (χ0v) is 18.6. The van der Waals surface area contributed by atoms with Gasteiger partial charge in [0.1, 0.15) is 5.69 Å². The lowest BCUT2D eigenvalue weighted by Gasteiger charge is -2.34. The second-order valence-corrected chi connectivity index (χ2v) is 8.45. The largest absolute Gasteiger partial charge is 0.335 e. The molecule has 1 saturated heterocycles. The molecule has 1 aromatic heterocycles. The minimum atomic E-state index is -0.101. The lowest BCUT2D eigenvalue weighted by Crippen LogP contribution is -2.50. The van der Waals surface area contributed by atoms with E-state index >= 15 is 0 Å². The third kappa shape index (κ3) is 4.49. The molecule has 3 heterocycles. The van der Waals surface area contributed by atoms with Gasteiger partial charge < -0.3 is 4.90 Å². The van der Waals surface area contributed by atoms with E-state index in [2.05, 4.69) is 27.0 Å². The standard InChI is InChI=1S/C27H23N5O2/c28-17-19-8-10-20(11-9-19)26(33)18-31-12-14-32(15-13-31)27(34)24-7-3-6-23(30-24)25-16-21-4-1-2-5-22(21)29-25/h1-11H,12-16,18H2. The highest BCUT2D eigenvalue weighted by molar-refractivity contribution is 6.06. The van der Waals surface area contributed by atoms with Crippen molar-refractivity contribution in [3.63, 3.8) is 0 Å². The molecule has 0 N–H and O–H groups in total. The Morgan fingerprint density at radius 1 is 0.912 bits per heavy atom. The average Bonchev–Trinajstić information content (AvgIpc) is 3.33. The summed E-state index contributed by atoms with van der Waals surface area (Å²) in [6, 6.07) is 22.3. The number of fused-ring (bicyclic) bond motifs is 1. The molecule has 3 aromatic rings. The number of carbonyl (C=O) groups is 2. The van der Waals surface area contributed by atoms with Crippen molar-refractivity contribution in [1.29, 1.82) is 5.26 Å². The highest BCUT2D eigenvalue weighted by atomic mass is 16.2. The molecule has 7 nitrogen and oxygen atoms in total. The van der Waals surface area contributed by atoms with Gasteiger partial charge in [-0.3, -0.25) is 19.5 Å². The Morgan fingerprint density at radius 3 is 2.41 bits per heavy atom. The van der Waals surface area contributed by atoms with Gasteiger partial charge in [0.05, 0.1) is 35.3 Å². The predicted molar refractivity (Wildman–Crippen MR) is 128 cm³/mol. The number of benzene rings is 2.